The van der Waals surface area contributed by atoms with E-state index in [0.717, 1.165) is 0 Å². The molecule has 0 bridgehead atoms. The summed E-state index contributed by atoms with van der Waals surface area (Å²) >= 11 is 5.80. The molecule has 0 fully saturated rings. The molecule has 2 N–H and O–H groups in total. The van der Waals surface area contributed by atoms with Crippen molar-refractivity contribution in [2.24, 2.45) is 7.05 Å². The Morgan fingerprint density at radius 3 is 2.31 bits per heavy atom. The molecule has 0 saturated heterocycles. The van der Waals surface area contributed by atoms with Gasteiger partial charge in [0.2, 0.25) is 0 Å². The molecule has 2 heterocycles. The van der Waals surface area contributed by atoms with Gasteiger partial charge >= 0.3 is 0 Å². The lowest BCUT2D eigenvalue weighted by molar-refractivity contribution is 0.0927. The Labute approximate surface area is 155 Å². The minimum absolute atomic E-state index is 0.217. The van der Waals surface area contributed by atoms with E-state index in [1.807, 2.05) is 29.1 Å². The zero-order chi connectivity index (χ0) is 18.5. The molecule has 1 aromatic carbocycles. The first-order chi connectivity index (χ1) is 12.6. The van der Waals surface area contributed by atoms with Gasteiger partial charge < -0.3 is 15.2 Å². The van der Waals surface area contributed by atoms with Gasteiger partial charge in [-0.15, -0.1) is 0 Å². The molecule has 7 nitrogen and oxygen atoms in total. The van der Waals surface area contributed by atoms with Gasteiger partial charge in [-0.2, -0.15) is 5.10 Å². The lowest BCUT2D eigenvalue weighted by Gasteiger charge is -2.09. The molecular weight excluding hydrogens is 354 g/mol. The van der Waals surface area contributed by atoms with Crippen molar-refractivity contribution in [3.63, 3.8) is 0 Å². The Morgan fingerprint density at radius 1 is 1.04 bits per heavy atom. The highest BCUT2D eigenvalue weighted by Crippen LogP contribution is 2.13. The maximum atomic E-state index is 12.4. The standard InChI is InChI=1S/C18H18ClN5O2/c1-23-18(24-10-2-3-11-24)15(12-22-23)17(26)21-9-8-20-16(25)13-4-6-14(19)7-5-13/h2-7,10-12H,8-9H2,1H3,(H,20,25)(H,21,26). The summed E-state index contributed by atoms with van der Waals surface area (Å²) in [7, 11) is 1.78. The average Bonchev–Trinajstić information content (AvgIpc) is 3.28. The molecule has 2 aromatic heterocycles. The highest BCUT2D eigenvalue weighted by atomic mass is 35.5. The molecule has 0 aliphatic heterocycles. The number of amides is 2. The van der Waals surface area contributed by atoms with Crippen molar-refractivity contribution in [1.29, 1.82) is 0 Å². The Balaban J connectivity index is 1.54. The molecule has 26 heavy (non-hydrogen) atoms. The summed E-state index contributed by atoms with van der Waals surface area (Å²) in [6.45, 7) is 0.616. The van der Waals surface area contributed by atoms with Crippen LogP contribution in [0.5, 0.6) is 0 Å². The van der Waals surface area contributed by atoms with E-state index >= 15 is 0 Å². The SMILES string of the molecule is Cn1ncc(C(=O)NCCNC(=O)c2ccc(Cl)cc2)c1-n1cccc1. The van der Waals surface area contributed by atoms with Crippen LogP contribution in [0.3, 0.4) is 0 Å². The van der Waals surface area contributed by atoms with Crippen LogP contribution in [-0.2, 0) is 7.05 Å². The van der Waals surface area contributed by atoms with Crippen molar-refractivity contribution in [1.82, 2.24) is 25.0 Å². The number of hydrogen-bond donors (Lipinski definition) is 2. The molecule has 0 spiro atoms. The van der Waals surface area contributed by atoms with Crippen molar-refractivity contribution in [3.8, 4) is 5.82 Å². The zero-order valence-corrected chi connectivity index (χ0v) is 14.9. The summed E-state index contributed by atoms with van der Waals surface area (Å²) in [6, 6.07) is 10.4. The number of nitrogens with zero attached hydrogens (tertiary/aromatic N) is 3. The molecule has 8 heteroatoms. The van der Waals surface area contributed by atoms with Crippen molar-refractivity contribution in [3.05, 3.63) is 71.1 Å². The van der Waals surface area contributed by atoms with E-state index in [-0.39, 0.29) is 11.8 Å². The number of nitrogens with one attached hydrogen (secondary N) is 2. The molecule has 0 saturated carbocycles. The first kappa shape index (κ1) is 17.8. The van der Waals surface area contributed by atoms with Crippen LogP contribution in [0.15, 0.2) is 55.0 Å². The number of carbonyl (C=O) groups is 2. The molecule has 3 rings (SSSR count). The van der Waals surface area contributed by atoms with Crippen LogP contribution in [0.4, 0.5) is 0 Å². The third-order valence-corrected chi connectivity index (χ3v) is 4.06. The molecule has 0 aliphatic rings. The summed E-state index contributed by atoms with van der Waals surface area (Å²) in [5.41, 5.74) is 0.982. The zero-order valence-electron chi connectivity index (χ0n) is 14.1. The van der Waals surface area contributed by atoms with Crippen LogP contribution in [0.25, 0.3) is 5.82 Å². The summed E-state index contributed by atoms with van der Waals surface area (Å²) in [5.74, 6) is 0.213. The number of benzene rings is 1. The van der Waals surface area contributed by atoms with E-state index in [1.165, 1.54) is 6.20 Å². The van der Waals surface area contributed by atoms with Crippen LogP contribution in [0, 0.1) is 0 Å². The fourth-order valence-electron chi connectivity index (χ4n) is 2.52. The van der Waals surface area contributed by atoms with E-state index in [2.05, 4.69) is 15.7 Å². The van der Waals surface area contributed by atoms with Gasteiger partial charge in [0, 0.05) is 43.1 Å². The Morgan fingerprint density at radius 2 is 1.65 bits per heavy atom. The summed E-state index contributed by atoms with van der Waals surface area (Å²) in [6.07, 6.45) is 5.22. The molecule has 134 valence electrons. The maximum absolute atomic E-state index is 12.4. The highest BCUT2D eigenvalue weighted by molar-refractivity contribution is 6.30. The van der Waals surface area contributed by atoms with Gasteiger partial charge in [-0.05, 0) is 36.4 Å². The monoisotopic (exact) mass is 371 g/mol. The summed E-state index contributed by atoms with van der Waals surface area (Å²) in [4.78, 5) is 24.4. The van der Waals surface area contributed by atoms with Gasteiger partial charge in [-0.25, -0.2) is 0 Å². The first-order valence-corrected chi connectivity index (χ1v) is 8.41. The highest BCUT2D eigenvalue weighted by Gasteiger charge is 2.16. The van der Waals surface area contributed by atoms with Gasteiger partial charge in [0.15, 0.2) is 0 Å². The molecule has 0 atom stereocenters. The Kier molecular flexibility index (Phi) is 5.38. The normalized spacial score (nSPS) is 10.5. The lowest BCUT2D eigenvalue weighted by atomic mass is 10.2. The maximum Gasteiger partial charge on any atom is 0.256 e. The summed E-state index contributed by atoms with van der Waals surface area (Å²) < 4.78 is 3.46. The topological polar surface area (TPSA) is 81.0 Å². The number of hydrogen-bond acceptors (Lipinski definition) is 3. The van der Waals surface area contributed by atoms with Crippen molar-refractivity contribution in [2.75, 3.05) is 13.1 Å². The van der Waals surface area contributed by atoms with E-state index in [0.29, 0.717) is 35.1 Å². The van der Waals surface area contributed by atoms with Gasteiger partial charge in [0.05, 0.1) is 6.20 Å². The Bertz CT molecular complexity index is 900. The van der Waals surface area contributed by atoms with Crippen LogP contribution in [0.2, 0.25) is 5.02 Å². The third-order valence-electron chi connectivity index (χ3n) is 3.80. The number of halogens is 1. The second-order valence-corrected chi connectivity index (χ2v) is 6.05. The second kappa shape index (κ2) is 7.88. The molecule has 0 aliphatic carbocycles. The quantitative estimate of drug-likeness (QED) is 0.650. The lowest BCUT2D eigenvalue weighted by Crippen LogP contribution is -2.35. The van der Waals surface area contributed by atoms with Gasteiger partial charge in [-0.3, -0.25) is 14.3 Å². The van der Waals surface area contributed by atoms with Crippen molar-refractivity contribution >= 4 is 23.4 Å². The predicted molar refractivity (Wildman–Crippen MR) is 98.7 cm³/mol. The summed E-state index contributed by atoms with van der Waals surface area (Å²) in [5, 5.41) is 10.3. The first-order valence-electron chi connectivity index (χ1n) is 8.03. The number of carbonyl (C=O) groups excluding carboxylic acids is 2. The fourth-order valence-corrected chi connectivity index (χ4v) is 2.65. The minimum Gasteiger partial charge on any atom is -0.350 e. The minimum atomic E-state index is -0.248. The van der Waals surface area contributed by atoms with Gasteiger partial charge in [-0.1, -0.05) is 11.6 Å². The Hall–Kier alpha value is -3.06. The molecule has 2 amide bonds. The van der Waals surface area contributed by atoms with E-state index in [4.69, 9.17) is 11.6 Å². The van der Waals surface area contributed by atoms with Crippen LogP contribution < -0.4 is 10.6 Å². The van der Waals surface area contributed by atoms with E-state index in [9.17, 15) is 9.59 Å². The van der Waals surface area contributed by atoms with Gasteiger partial charge in [0.25, 0.3) is 11.8 Å². The number of aromatic nitrogens is 3. The number of rotatable bonds is 6. The van der Waals surface area contributed by atoms with E-state index < -0.39 is 0 Å². The predicted octanol–water partition coefficient (Wildman–Crippen LogP) is 2.02. The largest absolute Gasteiger partial charge is 0.350 e. The molecule has 0 radical (unpaired) electrons. The average molecular weight is 372 g/mol. The van der Waals surface area contributed by atoms with Crippen molar-refractivity contribution in [2.45, 2.75) is 0 Å². The third kappa shape index (κ3) is 3.94. The fraction of sp³-hybridized carbons (Fsp3) is 0.167. The van der Waals surface area contributed by atoms with E-state index in [1.54, 1.807) is 36.0 Å². The smallest absolute Gasteiger partial charge is 0.256 e. The molecule has 0 unspecified atom stereocenters. The van der Waals surface area contributed by atoms with Crippen LogP contribution >= 0.6 is 11.6 Å². The second-order valence-electron chi connectivity index (χ2n) is 5.61. The van der Waals surface area contributed by atoms with Gasteiger partial charge in [0.1, 0.15) is 11.4 Å². The molecular formula is C18H18ClN5O2. The van der Waals surface area contributed by atoms with Crippen LogP contribution in [-0.4, -0.2) is 39.3 Å². The van der Waals surface area contributed by atoms with Crippen LogP contribution in [0.1, 0.15) is 20.7 Å². The molecule has 3 aromatic rings. The van der Waals surface area contributed by atoms with Crippen molar-refractivity contribution < 1.29 is 9.59 Å². The number of aryl methyl sites for hydroxylation is 1.